The van der Waals surface area contributed by atoms with Crippen LogP contribution in [-0.4, -0.2) is 52.8 Å². The summed E-state index contributed by atoms with van der Waals surface area (Å²) < 4.78 is 13.8. The minimum absolute atomic E-state index is 0.142. The Balaban J connectivity index is 1.38. The molecule has 6 nitrogen and oxygen atoms in total. The third-order valence-electron chi connectivity index (χ3n) is 8.40. The molecule has 5 aromatic rings. The van der Waals surface area contributed by atoms with Crippen LogP contribution in [0.4, 0.5) is 10.1 Å². The maximum absolute atomic E-state index is 14.1. The van der Waals surface area contributed by atoms with Crippen LogP contribution in [0.5, 0.6) is 0 Å². The summed E-state index contributed by atoms with van der Waals surface area (Å²) >= 11 is 0. The fourth-order valence-corrected chi connectivity index (χ4v) is 6.15. The number of para-hydroxylation sites is 2. The lowest BCUT2D eigenvalue weighted by atomic mass is 10.0. The van der Waals surface area contributed by atoms with Crippen molar-refractivity contribution in [2.24, 2.45) is 0 Å². The first kappa shape index (κ1) is 30.2. The molecule has 0 saturated heterocycles. The number of halogens is 1. The Labute approximate surface area is 263 Å². The number of carbonyl (C=O) groups excluding carboxylic acids is 2. The van der Waals surface area contributed by atoms with Crippen LogP contribution in [-0.2, 0) is 13.1 Å². The largest absolute Gasteiger partial charge is 0.333 e. The number of aromatic nitrogens is 1. The van der Waals surface area contributed by atoms with Crippen LogP contribution < -0.4 is 4.90 Å². The minimum atomic E-state index is -0.384. The van der Waals surface area contributed by atoms with Crippen molar-refractivity contribution in [1.82, 2.24) is 14.8 Å². The molecule has 7 heteroatoms. The molecule has 45 heavy (non-hydrogen) atoms. The number of amides is 2. The summed E-state index contributed by atoms with van der Waals surface area (Å²) in [6.07, 6.45) is 1.56. The quantitative estimate of drug-likeness (QED) is 0.218. The van der Waals surface area contributed by atoms with Gasteiger partial charge in [0.25, 0.3) is 11.8 Å². The van der Waals surface area contributed by atoms with Gasteiger partial charge in [-0.15, -0.1) is 0 Å². The van der Waals surface area contributed by atoms with Gasteiger partial charge in [0.15, 0.2) is 0 Å². The smallest absolute Gasteiger partial charge is 0.272 e. The highest BCUT2D eigenvalue weighted by Crippen LogP contribution is 2.30. The van der Waals surface area contributed by atoms with Crippen LogP contribution in [0.25, 0.3) is 10.9 Å². The lowest BCUT2D eigenvalue weighted by Gasteiger charge is -2.32. The number of pyridine rings is 1. The van der Waals surface area contributed by atoms with Gasteiger partial charge in [-0.25, -0.2) is 9.37 Å². The highest BCUT2D eigenvalue weighted by Gasteiger charge is 2.26. The van der Waals surface area contributed by atoms with Crippen LogP contribution in [0.2, 0.25) is 0 Å². The summed E-state index contributed by atoms with van der Waals surface area (Å²) in [7, 11) is 0. The molecular formula is C38H37FN4O2. The highest BCUT2D eigenvalue weighted by atomic mass is 19.1. The van der Waals surface area contributed by atoms with Crippen LogP contribution in [0.15, 0.2) is 109 Å². The van der Waals surface area contributed by atoms with E-state index in [2.05, 4.69) is 17.0 Å². The number of fused-ring (bicyclic) bond motifs is 2. The minimum Gasteiger partial charge on any atom is -0.333 e. The fourth-order valence-electron chi connectivity index (χ4n) is 6.15. The monoisotopic (exact) mass is 600 g/mol. The van der Waals surface area contributed by atoms with Gasteiger partial charge in [-0.1, -0.05) is 72.8 Å². The Morgan fingerprint density at radius 2 is 1.47 bits per heavy atom. The predicted molar refractivity (Wildman–Crippen MR) is 177 cm³/mol. The van der Waals surface area contributed by atoms with Gasteiger partial charge in [0.05, 0.1) is 11.2 Å². The molecule has 0 atom stereocenters. The molecule has 1 aliphatic heterocycles. The Morgan fingerprint density at radius 3 is 2.27 bits per heavy atom. The molecule has 228 valence electrons. The van der Waals surface area contributed by atoms with Crippen molar-refractivity contribution >= 4 is 28.4 Å². The van der Waals surface area contributed by atoms with E-state index in [-0.39, 0.29) is 17.6 Å². The van der Waals surface area contributed by atoms with Crippen molar-refractivity contribution in [1.29, 1.82) is 0 Å². The molecule has 0 fully saturated rings. The molecule has 2 heterocycles. The summed E-state index contributed by atoms with van der Waals surface area (Å²) in [4.78, 5) is 39.0. The number of hydrogen-bond acceptors (Lipinski definition) is 4. The van der Waals surface area contributed by atoms with Crippen molar-refractivity contribution in [2.75, 3.05) is 31.1 Å². The van der Waals surface area contributed by atoms with Crippen LogP contribution in [0.3, 0.4) is 0 Å². The molecule has 2 amide bonds. The molecule has 1 aliphatic rings. The number of carbonyl (C=O) groups is 2. The Hall–Kier alpha value is -4.88. The number of rotatable bonds is 4. The normalized spacial score (nSPS) is 14.8. The Morgan fingerprint density at radius 1 is 0.733 bits per heavy atom. The van der Waals surface area contributed by atoms with E-state index in [1.165, 1.54) is 29.8 Å². The van der Waals surface area contributed by atoms with Gasteiger partial charge in [-0.2, -0.15) is 0 Å². The van der Waals surface area contributed by atoms with Crippen molar-refractivity contribution in [2.45, 2.75) is 32.9 Å². The number of aryl methyl sites for hydroxylation is 1. The molecule has 0 aliphatic carbocycles. The maximum atomic E-state index is 14.1. The zero-order valence-corrected chi connectivity index (χ0v) is 25.5. The van der Waals surface area contributed by atoms with E-state index in [0.29, 0.717) is 30.9 Å². The third-order valence-corrected chi connectivity index (χ3v) is 8.40. The maximum Gasteiger partial charge on any atom is 0.272 e. The highest BCUT2D eigenvalue weighted by molar-refractivity contribution is 6.07. The summed E-state index contributed by atoms with van der Waals surface area (Å²) in [6.45, 7) is 5.71. The second kappa shape index (κ2) is 13.8. The van der Waals surface area contributed by atoms with Crippen LogP contribution in [0.1, 0.15) is 50.4 Å². The van der Waals surface area contributed by atoms with Crippen molar-refractivity contribution < 1.29 is 14.0 Å². The predicted octanol–water partition coefficient (Wildman–Crippen LogP) is 7.27. The average Bonchev–Trinajstić information content (AvgIpc) is 3.06. The van der Waals surface area contributed by atoms with Crippen molar-refractivity contribution in [3.63, 3.8) is 0 Å². The molecule has 0 radical (unpaired) electrons. The van der Waals surface area contributed by atoms with Crippen LogP contribution in [0, 0.1) is 12.7 Å². The summed E-state index contributed by atoms with van der Waals surface area (Å²) in [6, 6.07) is 33.6. The molecule has 0 bridgehead atoms. The van der Waals surface area contributed by atoms with Crippen molar-refractivity contribution in [3.8, 4) is 0 Å². The van der Waals surface area contributed by atoms with E-state index in [0.717, 1.165) is 60.2 Å². The van der Waals surface area contributed by atoms with Gasteiger partial charge >= 0.3 is 0 Å². The topological polar surface area (TPSA) is 56.8 Å². The van der Waals surface area contributed by atoms with Gasteiger partial charge < -0.3 is 9.80 Å². The van der Waals surface area contributed by atoms with Gasteiger partial charge in [0.1, 0.15) is 11.5 Å². The number of benzene rings is 4. The lowest BCUT2D eigenvalue weighted by Crippen LogP contribution is -2.39. The summed E-state index contributed by atoms with van der Waals surface area (Å²) in [5.41, 5.74) is 5.45. The van der Waals surface area contributed by atoms with Gasteiger partial charge in [0, 0.05) is 50.2 Å². The van der Waals surface area contributed by atoms with Crippen LogP contribution >= 0.6 is 0 Å². The zero-order chi connectivity index (χ0) is 31.2. The van der Waals surface area contributed by atoms with E-state index in [1.807, 2.05) is 83.5 Å². The van der Waals surface area contributed by atoms with E-state index in [4.69, 9.17) is 4.98 Å². The Kier molecular flexibility index (Phi) is 9.27. The number of nitrogens with zero attached hydrogens (tertiary/aromatic N) is 4. The molecule has 6 rings (SSSR count). The molecule has 1 aromatic heterocycles. The fraction of sp³-hybridized carbons (Fsp3) is 0.237. The van der Waals surface area contributed by atoms with E-state index in [9.17, 15) is 14.0 Å². The molecule has 0 unspecified atom stereocenters. The van der Waals surface area contributed by atoms with Gasteiger partial charge in [-0.3, -0.25) is 14.5 Å². The second-order valence-electron chi connectivity index (χ2n) is 11.6. The molecule has 0 N–H and O–H groups in total. The first-order chi connectivity index (χ1) is 22.0. The summed E-state index contributed by atoms with van der Waals surface area (Å²) in [5.74, 6) is -0.715. The van der Waals surface area contributed by atoms with E-state index < -0.39 is 0 Å². The first-order valence-electron chi connectivity index (χ1n) is 15.5. The molecule has 4 aromatic carbocycles. The van der Waals surface area contributed by atoms with Gasteiger partial charge in [-0.05, 0) is 72.9 Å². The SMILES string of the molecule is Cc1cccc2c1N(C(=O)c1ccc(F)cc1)CCCN(Cc1ccccc1)CCCN(C(=O)c1ccc3ccccc3n1)C2. The number of hydrogen-bond donors (Lipinski definition) is 0. The second-order valence-corrected chi connectivity index (χ2v) is 11.6. The third kappa shape index (κ3) is 7.10. The average molecular weight is 601 g/mol. The van der Waals surface area contributed by atoms with Gasteiger partial charge in [0.2, 0.25) is 0 Å². The lowest BCUT2D eigenvalue weighted by molar-refractivity contribution is 0.0728. The Bertz CT molecular complexity index is 1790. The standard InChI is InChI=1S/C38H37FN4O2/c1-28-10-7-14-32-27-42(38(45)35-21-18-30-13-5-6-15-34(30)40-35)24-8-22-41(26-29-11-3-2-4-12-29)23-9-25-43(36(28)32)37(44)31-16-19-33(39)20-17-31/h2-7,10-21H,8-9,22-27H2,1H3. The number of anilines is 1. The zero-order valence-electron chi connectivity index (χ0n) is 25.5. The molecule has 0 spiro atoms. The van der Waals surface area contributed by atoms with E-state index in [1.54, 1.807) is 6.07 Å². The summed E-state index contributed by atoms with van der Waals surface area (Å²) in [5, 5.41) is 0.982. The van der Waals surface area contributed by atoms with E-state index >= 15 is 0 Å². The molecular weight excluding hydrogens is 563 g/mol. The first-order valence-corrected chi connectivity index (χ1v) is 15.5. The molecule has 0 saturated carbocycles. The van der Waals surface area contributed by atoms with Crippen molar-refractivity contribution in [3.05, 3.63) is 143 Å².